The van der Waals surface area contributed by atoms with Gasteiger partial charge in [0.2, 0.25) is 0 Å². The van der Waals surface area contributed by atoms with Crippen molar-refractivity contribution in [1.29, 1.82) is 0 Å². The molecule has 1 aliphatic carbocycles. The predicted molar refractivity (Wildman–Crippen MR) is 135 cm³/mol. The van der Waals surface area contributed by atoms with Crippen LogP contribution in [0.2, 0.25) is 0 Å². The summed E-state index contributed by atoms with van der Waals surface area (Å²) >= 11 is 1.58. The molecule has 4 heterocycles. The number of piperidine rings is 1. The molecule has 33 heavy (non-hydrogen) atoms. The smallest absolute Gasteiger partial charge is 0.189 e. The number of hydrogen-bond acceptors (Lipinski definition) is 7. The number of H-pyrrole nitrogens is 1. The molecule has 1 saturated heterocycles. The van der Waals surface area contributed by atoms with Crippen LogP contribution in [0.3, 0.4) is 0 Å². The van der Waals surface area contributed by atoms with E-state index >= 15 is 0 Å². The van der Waals surface area contributed by atoms with E-state index in [0.717, 1.165) is 73.5 Å². The monoisotopic (exact) mass is 463 g/mol. The molecule has 3 aromatic heterocycles. The highest BCUT2D eigenvalue weighted by Crippen LogP contribution is 2.38. The van der Waals surface area contributed by atoms with Crippen LogP contribution in [0.1, 0.15) is 44.4 Å². The lowest BCUT2D eigenvalue weighted by Crippen LogP contribution is -2.36. The van der Waals surface area contributed by atoms with Gasteiger partial charge in [0.1, 0.15) is 17.3 Å². The Balaban J connectivity index is 1.26. The first kappa shape index (κ1) is 22.2. The first-order valence-electron chi connectivity index (χ1n) is 11.9. The zero-order valence-corrected chi connectivity index (χ0v) is 20.6. The number of hydrogen-bond donors (Lipinski definition) is 2. The largest absolute Gasteiger partial charge is 0.370 e. The van der Waals surface area contributed by atoms with Crippen LogP contribution in [-0.4, -0.2) is 51.0 Å². The van der Waals surface area contributed by atoms with Gasteiger partial charge in [-0.15, -0.1) is 0 Å². The maximum absolute atomic E-state index is 4.79. The van der Waals surface area contributed by atoms with Gasteiger partial charge in [-0.2, -0.15) is 5.10 Å². The van der Waals surface area contributed by atoms with Crippen LogP contribution in [0.15, 0.2) is 35.6 Å². The number of rotatable bonds is 6. The zero-order valence-electron chi connectivity index (χ0n) is 19.8. The molecule has 8 heteroatoms. The number of anilines is 2. The molecular formula is C25H33N7S. The van der Waals surface area contributed by atoms with Crippen LogP contribution in [0, 0.1) is 11.3 Å². The van der Waals surface area contributed by atoms with E-state index in [9.17, 15) is 0 Å². The highest BCUT2D eigenvalue weighted by molar-refractivity contribution is 7.98. The van der Waals surface area contributed by atoms with E-state index in [1.165, 1.54) is 17.7 Å². The van der Waals surface area contributed by atoms with E-state index in [1.54, 1.807) is 11.8 Å². The molecule has 1 fully saturated rings. The van der Waals surface area contributed by atoms with Crippen LogP contribution < -0.4 is 10.2 Å². The maximum Gasteiger partial charge on any atom is 0.189 e. The third-order valence-electron chi connectivity index (χ3n) is 6.95. The SMILES string of the molecule is CSc1nc(NCC2CCN(c3ccccn3)CC2)cc(-c2n[nH]c3c2CCC(C)(C)C3)n1. The standard InChI is InChI=1S/C25H33N7S/c1-25(2)10-7-18-20(15-25)30-31-23(18)19-14-21(29-24(28-19)33-3)27-16-17-8-12-32(13-9-17)22-6-4-5-11-26-22/h4-6,11,14,17H,7-10,12-13,15-16H2,1-3H3,(H,30,31)(H,27,28,29). The van der Waals surface area contributed by atoms with Gasteiger partial charge < -0.3 is 10.2 Å². The quantitative estimate of drug-likeness (QED) is 0.400. The zero-order chi connectivity index (χ0) is 22.8. The van der Waals surface area contributed by atoms with Gasteiger partial charge in [0.15, 0.2) is 5.16 Å². The number of aromatic amines is 1. The van der Waals surface area contributed by atoms with Crippen molar-refractivity contribution in [2.45, 2.75) is 51.1 Å². The highest BCUT2D eigenvalue weighted by atomic mass is 32.2. The van der Waals surface area contributed by atoms with Crippen LogP contribution in [0.4, 0.5) is 11.6 Å². The van der Waals surface area contributed by atoms with Crippen LogP contribution in [0.5, 0.6) is 0 Å². The first-order chi connectivity index (χ1) is 16.0. The number of aromatic nitrogens is 5. The van der Waals surface area contributed by atoms with Crippen molar-refractivity contribution >= 4 is 23.4 Å². The molecular weight excluding hydrogens is 430 g/mol. The van der Waals surface area contributed by atoms with Gasteiger partial charge in [0, 0.05) is 43.2 Å². The van der Waals surface area contributed by atoms with E-state index in [4.69, 9.17) is 9.97 Å². The topological polar surface area (TPSA) is 82.6 Å². The summed E-state index contributed by atoms with van der Waals surface area (Å²) in [4.78, 5) is 16.4. The first-order valence-corrected chi connectivity index (χ1v) is 13.1. The van der Waals surface area contributed by atoms with Crippen molar-refractivity contribution in [2.24, 2.45) is 11.3 Å². The van der Waals surface area contributed by atoms with Gasteiger partial charge in [-0.3, -0.25) is 5.10 Å². The Morgan fingerprint density at radius 3 is 2.82 bits per heavy atom. The van der Waals surface area contributed by atoms with Gasteiger partial charge in [-0.05, 0) is 61.8 Å². The molecule has 0 spiro atoms. The number of pyridine rings is 1. The van der Waals surface area contributed by atoms with E-state index in [2.05, 4.69) is 57.4 Å². The van der Waals surface area contributed by atoms with Gasteiger partial charge in [0.25, 0.3) is 0 Å². The summed E-state index contributed by atoms with van der Waals surface area (Å²) in [6.07, 6.45) is 9.46. The van der Waals surface area contributed by atoms with Crippen LogP contribution >= 0.6 is 11.8 Å². The normalized spacial score (nSPS) is 18.2. The lowest BCUT2D eigenvalue weighted by molar-refractivity contribution is 0.312. The Kier molecular flexibility index (Phi) is 6.27. The molecule has 2 aliphatic rings. The Morgan fingerprint density at radius 1 is 1.21 bits per heavy atom. The summed E-state index contributed by atoms with van der Waals surface area (Å²) in [6, 6.07) is 8.20. The van der Waals surface area contributed by atoms with E-state index < -0.39 is 0 Å². The molecule has 1 aliphatic heterocycles. The molecule has 7 nitrogen and oxygen atoms in total. The molecule has 0 unspecified atom stereocenters. The molecule has 0 saturated carbocycles. The molecule has 0 radical (unpaired) electrons. The molecule has 0 amide bonds. The average molecular weight is 464 g/mol. The van der Waals surface area contributed by atoms with Crippen molar-refractivity contribution in [2.75, 3.05) is 36.1 Å². The third-order valence-corrected chi connectivity index (χ3v) is 7.50. The highest BCUT2D eigenvalue weighted by Gasteiger charge is 2.29. The molecule has 3 aromatic rings. The minimum Gasteiger partial charge on any atom is -0.370 e. The Hall–Kier alpha value is -2.61. The number of nitrogens with zero attached hydrogens (tertiary/aromatic N) is 5. The van der Waals surface area contributed by atoms with Gasteiger partial charge >= 0.3 is 0 Å². The minimum atomic E-state index is 0.325. The average Bonchev–Trinajstić information content (AvgIpc) is 3.25. The molecule has 174 valence electrons. The van der Waals surface area contributed by atoms with Crippen LogP contribution in [0.25, 0.3) is 11.4 Å². The lowest BCUT2D eigenvalue weighted by atomic mass is 9.76. The maximum atomic E-state index is 4.79. The van der Waals surface area contributed by atoms with Crippen LogP contribution in [-0.2, 0) is 12.8 Å². The second-order valence-electron chi connectivity index (χ2n) is 9.99. The second-order valence-corrected chi connectivity index (χ2v) is 10.8. The summed E-state index contributed by atoms with van der Waals surface area (Å²) in [7, 11) is 0. The minimum absolute atomic E-state index is 0.325. The number of nitrogens with one attached hydrogen (secondary N) is 2. The van der Waals surface area contributed by atoms with Gasteiger partial charge in [-0.25, -0.2) is 15.0 Å². The van der Waals surface area contributed by atoms with E-state index in [1.807, 2.05) is 18.5 Å². The summed E-state index contributed by atoms with van der Waals surface area (Å²) < 4.78 is 0. The van der Waals surface area contributed by atoms with E-state index in [0.29, 0.717) is 11.3 Å². The Morgan fingerprint density at radius 2 is 2.06 bits per heavy atom. The lowest BCUT2D eigenvalue weighted by Gasteiger charge is -2.32. The van der Waals surface area contributed by atoms with E-state index in [-0.39, 0.29) is 0 Å². The fourth-order valence-corrected chi connectivity index (χ4v) is 5.32. The van der Waals surface area contributed by atoms with Crippen molar-refractivity contribution in [3.63, 3.8) is 0 Å². The number of thioether (sulfide) groups is 1. The summed E-state index contributed by atoms with van der Waals surface area (Å²) in [6.45, 7) is 7.67. The molecule has 2 N–H and O–H groups in total. The fraction of sp³-hybridized carbons (Fsp3) is 0.520. The molecule has 0 aromatic carbocycles. The fourth-order valence-electron chi connectivity index (χ4n) is 4.94. The predicted octanol–water partition coefficient (Wildman–Crippen LogP) is 4.83. The molecule has 0 bridgehead atoms. The van der Waals surface area contributed by atoms with Crippen molar-refractivity contribution in [1.82, 2.24) is 25.1 Å². The van der Waals surface area contributed by atoms with Crippen molar-refractivity contribution in [3.8, 4) is 11.4 Å². The van der Waals surface area contributed by atoms with Crippen molar-refractivity contribution in [3.05, 3.63) is 41.7 Å². The van der Waals surface area contributed by atoms with Gasteiger partial charge in [-0.1, -0.05) is 31.7 Å². The van der Waals surface area contributed by atoms with Crippen molar-refractivity contribution < 1.29 is 0 Å². The Bertz CT molecular complexity index is 1090. The third kappa shape index (κ3) is 5.00. The number of fused-ring (bicyclic) bond motifs is 1. The second kappa shape index (κ2) is 9.33. The molecule has 5 rings (SSSR count). The summed E-state index contributed by atoms with van der Waals surface area (Å²) in [5.74, 6) is 2.60. The summed E-state index contributed by atoms with van der Waals surface area (Å²) in [5.41, 5.74) is 4.82. The molecule has 0 atom stereocenters. The summed E-state index contributed by atoms with van der Waals surface area (Å²) in [5, 5.41) is 12.4. The van der Waals surface area contributed by atoms with Gasteiger partial charge in [0.05, 0.1) is 5.69 Å². The Labute approximate surface area is 200 Å².